The number of hydrogen-bond donors (Lipinski definition) is 4. The van der Waals surface area contributed by atoms with Gasteiger partial charge in [-0.05, 0) is 55.6 Å². The molecule has 1 aromatic rings. The van der Waals surface area contributed by atoms with E-state index in [1.165, 1.54) is 38.2 Å². The van der Waals surface area contributed by atoms with E-state index in [2.05, 4.69) is 21.3 Å². The molecule has 3 fully saturated rings. The number of hydrogen-bond acceptors (Lipinski definition) is 5. The Morgan fingerprint density at radius 3 is 2.81 bits per heavy atom. The van der Waals surface area contributed by atoms with Gasteiger partial charge in [0.25, 0.3) is 0 Å². The van der Waals surface area contributed by atoms with Gasteiger partial charge < -0.3 is 26.0 Å². The number of fused-ring (bicyclic) bond motifs is 1. The minimum atomic E-state index is -0.422. The Hall–Kier alpha value is -1.70. The van der Waals surface area contributed by atoms with Crippen LogP contribution in [0.2, 0.25) is 0 Å². The number of nitrogens with one attached hydrogen (secondary N) is 4. The lowest BCUT2D eigenvalue weighted by atomic mass is 9.72. The second kappa shape index (κ2) is 9.65. The van der Waals surface area contributed by atoms with Gasteiger partial charge in [0, 0.05) is 43.5 Å². The Labute approximate surface area is 190 Å². The number of ether oxygens (including phenoxy) is 1. The van der Waals surface area contributed by atoms with Crippen LogP contribution in [0.3, 0.4) is 0 Å². The Kier molecular flexibility index (Phi) is 6.67. The van der Waals surface area contributed by atoms with Crippen LogP contribution in [0.15, 0.2) is 12.1 Å². The number of amides is 1. The molecule has 0 radical (unpaired) electrons. The average molecular weight is 445 g/mol. The van der Waals surface area contributed by atoms with Crippen molar-refractivity contribution in [3.63, 3.8) is 0 Å². The molecule has 4 N–H and O–H groups in total. The van der Waals surface area contributed by atoms with Gasteiger partial charge in [0.2, 0.25) is 5.91 Å². The van der Waals surface area contributed by atoms with Crippen molar-refractivity contribution < 1.29 is 13.9 Å². The fraction of sp³-hybridized carbons (Fsp3) is 0.720. The molecule has 1 amide bonds. The number of benzene rings is 1. The smallest absolute Gasteiger partial charge is 0.243 e. The standard InChI is InChI=1S/C25H37FN4O2/c1-15-7-8-21(26)19-10-22(30-23(15)19)25(31)29-18-9-17(12-32-13-18)20-11-27-14-28-24(20)16-5-3-2-4-6-16/h7-8,16-18,20,22,24,27-28,30H,2-6,9-14H2,1H3,(H,29,31). The van der Waals surface area contributed by atoms with E-state index in [0.29, 0.717) is 36.5 Å². The van der Waals surface area contributed by atoms with E-state index in [4.69, 9.17) is 4.74 Å². The third kappa shape index (κ3) is 4.52. The van der Waals surface area contributed by atoms with Crippen LogP contribution in [0, 0.1) is 30.5 Å². The number of aryl methyl sites for hydroxylation is 1. The van der Waals surface area contributed by atoms with Crippen LogP contribution >= 0.6 is 0 Å². The molecule has 5 unspecified atom stereocenters. The highest BCUT2D eigenvalue weighted by molar-refractivity contribution is 5.88. The third-order valence-electron chi connectivity index (χ3n) is 8.16. The zero-order valence-electron chi connectivity index (χ0n) is 19.1. The SMILES string of the molecule is Cc1ccc(F)c2c1NC(C(=O)NC1COCC(C3CNCNC3C3CCCCC3)C1)C2. The highest BCUT2D eigenvalue weighted by Crippen LogP contribution is 2.36. The first-order valence-corrected chi connectivity index (χ1v) is 12.5. The van der Waals surface area contributed by atoms with Crippen LogP contribution in [0.1, 0.15) is 49.7 Å². The molecule has 0 aromatic heterocycles. The fourth-order valence-electron chi connectivity index (χ4n) is 6.47. The van der Waals surface area contributed by atoms with E-state index in [1.807, 2.05) is 6.92 Å². The molecule has 32 heavy (non-hydrogen) atoms. The largest absolute Gasteiger partial charge is 0.379 e. The number of halogens is 1. The van der Waals surface area contributed by atoms with Crippen molar-refractivity contribution in [3.05, 3.63) is 29.1 Å². The molecule has 5 rings (SSSR count). The molecule has 176 valence electrons. The first-order chi connectivity index (χ1) is 15.6. The lowest BCUT2D eigenvalue weighted by Gasteiger charge is -2.45. The summed E-state index contributed by atoms with van der Waals surface area (Å²) < 4.78 is 20.2. The summed E-state index contributed by atoms with van der Waals surface area (Å²) in [6.07, 6.45) is 8.05. The predicted octanol–water partition coefficient (Wildman–Crippen LogP) is 2.71. The maximum atomic E-state index is 14.2. The molecule has 3 aliphatic heterocycles. The van der Waals surface area contributed by atoms with Gasteiger partial charge in [-0.3, -0.25) is 4.79 Å². The normalized spacial score (nSPS) is 33.4. The summed E-state index contributed by atoms with van der Waals surface area (Å²) in [5.41, 5.74) is 2.37. The zero-order chi connectivity index (χ0) is 22.1. The summed E-state index contributed by atoms with van der Waals surface area (Å²) in [5.74, 6) is 1.41. The molecule has 1 aliphatic carbocycles. The highest BCUT2D eigenvalue weighted by atomic mass is 19.1. The summed E-state index contributed by atoms with van der Waals surface area (Å²) in [7, 11) is 0. The molecule has 1 saturated carbocycles. The van der Waals surface area contributed by atoms with Gasteiger partial charge in [0.05, 0.1) is 12.6 Å². The Balaban J connectivity index is 1.20. The maximum absolute atomic E-state index is 14.2. The minimum Gasteiger partial charge on any atom is -0.379 e. The number of carbonyl (C=O) groups excluding carboxylic acids is 1. The van der Waals surface area contributed by atoms with Gasteiger partial charge >= 0.3 is 0 Å². The van der Waals surface area contributed by atoms with Crippen molar-refractivity contribution in [3.8, 4) is 0 Å². The first-order valence-electron chi connectivity index (χ1n) is 12.5. The predicted molar refractivity (Wildman–Crippen MR) is 123 cm³/mol. The fourth-order valence-corrected chi connectivity index (χ4v) is 6.47. The van der Waals surface area contributed by atoms with Crippen LogP contribution in [-0.4, -0.2) is 50.5 Å². The van der Waals surface area contributed by atoms with Gasteiger partial charge in [0.15, 0.2) is 0 Å². The Bertz CT molecular complexity index is 797. The van der Waals surface area contributed by atoms with Crippen molar-refractivity contribution in [1.82, 2.24) is 16.0 Å². The van der Waals surface area contributed by atoms with E-state index in [1.54, 1.807) is 6.07 Å². The van der Waals surface area contributed by atoms with Crippen LogP contribution in [0.4, 0.5) is 10.1 Å². The summed E-state index contributed by atoms with van der Waals surface area (Å²) >= 11 is 0. The molecule has 0 bridgehead atoms. The molecule has 5 atom stereocenters. The maximum Gasteiger partial charge on any atom is 0.243 e. The van der Waals surface area contributed by atoms with E-state index < -0.39 is 6.04 Å². The lowest BCUT2D eigenvalue weighted by Crippen LogP contribution is -2.59. The first kappa shape index (κ1) is 22.1. The molecule has 7 heteroatoms. The highest BCUT2D eigenvalue weighted by Gasteiger charge is 2.40. The van der Waals surface area contributed by atoms with Crippen LogP contribution in [0.25, 0.3) is 0 Å². The molecular formula is C25H37FN4O2. The quantitative estimate of drug-likeness (QED) is 0.575. The second-order valence-corrected chi connectivity index (χ2v) is 10.3. The monoisotopic (exact) mass is 444 g/mol. The summed E-state index contributed by atoms with van der Waals surface area (Å²) in [4.78, 5) is 13.0. The zero-order valence-corrected chi connectivity index (χ0v) is 19.1. The van der Waals surface area contributed by atoms with Gasteiger partial charge in [-0.2, -0.15) is 0 Å². The number of rotatable bonds is 4. The van der Waals surface area contributed by atoms with Crippen LogP contribution in [0.5, 0.6) is 0 Å². The van der Waals surface area contributed by atoms with E-state index in [0.717, 1.165) is 43.4 Å². The number of carbonyl (C=O) groups is 1. The molecule has 3 heterocycles. The topological polar surface area (TPSA) is 74.4 Å². The van der Waals surface area contributed by atoms with E-state index in [-0.39, 0.29) is 17.8 Å². The molecular weight excluding hydrogens is 407 g/mol. The minimum absolute atomic E-state index is 0.00615. The van der Waals surface area contributed by atoms with Gasteiger partial charge in [0.1, 0.15) is 11.9 Å². The molecule has 0 spiro atoms. The number of anilines is 1. The summed E-state index contributed by atoms with van der Waals surface area (Å²) in [5, 5.41) is 13.7. The van der Waals surface area contributed by atoms with Crippen molar-refractivity contribution in [2.75, 3.05) is 31.7 Å². The average Bonchev–Trinajstić information content (AvgIpc) is 3.30. The molecule has 1 aromatic carbocycles. The summed E-state index contributed by atoms with van der Waals surface area (Å²) in [6.45, 7) is 5.16. The van der Waals surface area contributed by atoms with Crippen molar-refractivity contribution in [1.29, 1.82) is 0 Å². The van der Waals surface area contributed by atoms with Crippen molar-refractivity contribution in [2.24, 2.45) is 17.8 Å². The Morgan fingerprint density at radius 1 is 1.16 bits per heavy atom. The van der Waals surface area contributed by atoms with Crippen molar-refractivity contribution >= 4 is 11.6 Å². The van der Waals surface area contributed by atoms with Crippen LogP contribution in [-0.2, 0) is 16.0 Å². The summed E-state index contributed by atoms with van der Waals surface area (Å²) in [6, 6.07) is 3.37. The molecule has 4 aliphatic rings. The van der Waals surface area contributed by atoms with Crippen LogP contribution < -0.4 is 21.3 Å². The van der Waals surface area contributed by atoms with Gasteiger partial charge in [-0.1, -0.05) is 25.3 Å². The molecule has 2 saturated heterocycles. The van der Waals surface area contributed by atoms with Gasteiger partial charge in [-0.15, -0.1) is 0 Å². The molecule has 6 nitrogen and oxygen atoms in total. The second-order valence-electron chi connectivity index (χ2n) is 10.3. The van der Waals surface area contributed by atoms with Crippen molar-refractivity contribution in [2.45, 2.75) is 70.0 Å². The van der Waals surface area contributed by atoms with E-state index >= 15 is 0 Å². The third-order valence-corrected chi connectivity index (χ3v) is 8.16. The van der Waals surface area contributed by atoms with Gasteiger partial charge in [-0.25, -0.2) is 4.39 Å². The Morgan fingerprint density at radius 2 is 2.00 bits per heavy atom. The lowest BCUT2D eigenvalue weighted by molar-refractivity contribution is -0.124. The van der Waals surface area contributed by atoms with E-state index in [9.17, 15) is 9.18 Å².